The number of nitrogens with one attached hydrogen (secondary N) is 1. The summed E-state index contributed by atoms with van der Waals surface area (Å²) in [6.45, 7) is 4.78. The molecule has 2 nitrogen and oxygen atoms in total. The van der Waals surface area contributed by atoms with Crippen LogP contribution in [0.2, 0.25) is 0 Å². The lowest BCUT2D eigenvalue weighted by Crippen LogP contribution is -2.35. The molecule has 12 heavy (non-hydrogen) atoms. The number of carbonyl (C=O) groups is 1. The van der Waals surface area contributed by atoms with Crippen molar-refractivity contribution in [2.24, 2.45) is 11.3 Å². The number of halogens is 1. The molecule has 1 saturated carbocycles. The topological polar surface area (TPSA) is 29.1 Å². The molecule has 70 valence electrons. The minimum atomic E-state index is 0.0199. The molecule has 1 rings (SSSR count). The summed E-state index contributed by atoms with van der Waals surface area (Å²) in [5.74, 6) is 1.09. The van der Waals surface area contributed by atoms with Gasteiger partial charge in [-0.15, -0.1) is 11.6 Å². The first kappa shape index (κ1) is 9.85. The van der Waals surface area contributed by atoms with Gasteiger partial charge in [-0.2, -0.15) is 0 Å². The van der Waals surface area contributed by atoms with Gasteiger partial charge in [-0.05, 0) is 18.3 Å². The smallest absolute Gasteiger partial charge is 0.223 e. The van der Waals surface area contributed by atoms with Gasteiger partial charge in [-0.25, -0.2) is 0 Å². The normalized spacial score (nSPS) is 17.6. The largest absolute Gasteiger partial charge is 0.355 e. The van der Waals surface area contributed by atoms with E-state index in [0.29, 0.717) is 18.3 Å². The van der Waals surface area contributed by atoms with Crippen molar-refractivity contribution in [3.63, 3.8) is 0 Å². The highest BCUT2D eigenvalue weighted by Gasteiger charge is 2.30. The van der Waals surface area contributed by atoms with E-state index < -0.39 is 0 Å². The van der Waals surface area contributed by atoms with Gasteiger partial charge in [0.2, 0.25) is 5.91 Å². The molecule has 0 aliphatic heterocycles. The highest BCUT2D eigenvalue weighted by molar-refractivity contribution is 6.18. The Morgan fingerprint density at radius 3 is 2.58 bits per heavy atom. The second-order valence-corrected chi connectivity index (χ2v) is 4.56. The molecule has 1 fully saturated rings. The molecule has 0 heterocycles. The van der Waals surface area contributed by atoms with Crippen LogP contribution in [0, 0.1) is 11.3 Å². The molecular formula is C9H16ClNO. The predicted octanol–water partition coefficient (Wildman–Crippen LogP) is 1.78. The number of carbonyl (C=O) groups excluding carboxylic acids is 1. The van der Waals surface area contributed by atoms with Gasteiger partial charge < -0.3 is 5.32 Å². The monoisotopic (exact) mass is 189 g/mol. The average Bonchev–Trinajstić information content (AvgIpc) is 2.83. The maximum Gasteiger partial charge on any atom is 0.223 e. The lowest BCUT2D eigenvalue weighted by molar-refractivity contribution is -0.122. The lowest BCUT2D eigenvalue weighted by Gasteiger charge is -2.21. The fraction of sp³-hybridized carbons (Fsp3) is 0.889. The van der Waals surface area contributed by atoms with E-state index in [0.717, 1.165) is 12.8 Å². The summed E-state index contributed by atoms with van der Waals surface area (Å²) in [5, 5.41) is 2.91. The van der Waals surface area contributed by atoms with Gasteiger partial charge in [-0.1, -0.05) is 13.8 Å². The van der Waals surface area contributed by atoms with Gasteiger partial charge in [-0.3, -0.25) is 4.79 Å². The number of hydrogen-bond acceptors (Lipinski definition) is 1. The van der Waals surface area contributed by atoms with E-state index >= 15 is 0 Å². The van der Waals surface area contributed by atoms with E-state index in [9.17, 15) is 4.79 Å². The Labute approximate surface area is 78.7 Å². The first-order chi connectivity index (χ1) is 5.55. The number of alkyl halides is 1. The Kier molecular flexibility index (Phi) is 2.99. The first-order valence-electron chi connectivity index (χ1n) is 4.39. The van der Waals surface area contributed by atoms with E-state index in [2.05, 4.69) is 5.32 Å². The summed E-state index contributed by atoms with van der Waals surface area (Å²) < 4.78 is 0. The van der Waals surface area contributed by atoms with Crippen LogP contribution in [-0.4, -0.2) is 18.3 Å². The summed E-state index contributed by atoms with van der Waals surface area (Å²) in [4.78, 5) is 11.2. The van der Waals surface area contributed by atoms with Crippen molar-refractivity contribution < 1.29 is 4.79 Å². The Bertz CT molecular complexity index is 175. The van der Waals surface area contributed by atoms with Crippen LogP contribution in [0.15, 0.2) is 0 Å². The van der Waals surface area contributed by atoms with Crippen molar-refractivity contribution in [1.29, 1.82) is 0 Å². The quantitative estimate of drug-likeness (QED) is 0.672. The molecule has 0 aromatic rings. The van der Waals surface area contributed by atoms with E-state index in [1.807, 2.05) is 13.8 Å². The van der Waals surface area contributed by atoms with E-state index in [-0.39, 0.29) is 11.3 Å². The summed E-state index contributed by atoms with van der Waals surface area (Å²) in [6.07, 6.45) is 2.13. The van der Waals surface area contributed by atoms with E-state index in [1.54, 1.807) is 0 Å². The van der Waals surface area contributed by atoms with Gasteiger partial charge in [0.05, 0.1) is 0 Å². The number of hydrogen-bond donors (Lipinski definition) is 1. The molecule has 0 atom stereocenters. The van der Waals surface area contributed by atoms with Crippen molar-refractivity contribution in [3.05, 3.63) is 0 Å². The van der Waals surface area contributed by atoms with Crippen LogP contribution in [0.3, 0.4) is 0 Å². The number of amides is 1. The SMILES string of the molecule is CC(C)(CCl)CNC(=O)C1CC1. The third-order valence-electron chi connectivity index (χ3n) is 2.05. The van der Waals surface area contributed by atoms with Crippen LogP contribution in [0.4, 0.5) is 0 Å². The molecule has 0 aromatic heterocycles. The van der Waals surface area contributed by atoms with Crippen LogP contribution in [0.1, 0.15) is 26.7 Å². The molecule has 1 N–H and O–H groups in total. The maximum absolute atomic E-state index is 11.2. The molecule has 0 bridgehead atoms. The first-order valence-corrected chi connectivity index (χ1v) is 4.92. The van der Waals surface area contributed by atoms with Crippen LogP contribution in [-0.2, 0) is 4.79 Å². The molecule has 0 radical (unpaired) electrons. The second-order valence-electron chi connectivity index (χ2n) is 4.29. The zero-order valence-corrected chi connectivity index (χ0v) is 8.45. The summed E-state index contributed by atoms with van der Waals surface area (Å²) in [6, 6.07) is 0. The van der Waals surface area contributed by atoms with Crippen molar-refractivity contribution in [2.75, 3.05) is 12.4 Å². The Morgan fingerprint density at radius 2 is 2.17 bits per heavy atom. The third-order valence-corrected chi connectivity index (χ3v) is 2.77. The Hall–Kier alpha value is -0.240. The van der Waals surface area contributed by atoms with Crippen molar-refractivity contribution >= 4 is 17.5 Å². The molecule has 3 heteroatoms. The van der Waals surface area contributed by atoms with Crippen LogP contribution < -0.4 is 5.32 Å². The molecule has 0 aromatic carbocycles. The van der Waals surface area contributed by atoms with Gasteiger partial charge in [0.1, 0.15) is 0 Å². The van der Waals surface area contributed by atoms with E-state index in [4.69, 9.17) is 11.6 Å². The molecular weight excluding hydrogens is 174 g/mol. The van der Waals surface area contributed by atoms with Crippen LogP contribution in [0.25, 0.3) is 0 Å². The summed E-state index contributed by atoms with van der Waals surface area (Å²) >= 11 is 5.72. The second kappa shape index (κ2) is 3.65. The minimum Gasteiger partial charge on any atom is -0.355 e. The van der Waals surface area contributed by atoms with Crippen molar-refractivity contribution in [1.82, 2.24) is 5.32 Å². The number of rotatable bonds is 4. The molecule has 1 aliphatic rings. The predicted molar refractivity (Wildman–Crippen MR) is 50.2 cm³/mol. The lowest BCUT2D eigenvalue weighted by atomic mass is 9.96. The van der Waals surface area contributed by atoms with Crippen LogP contribution >= 0.6 is 11.6 Å². The fourth-order valence-corrected chi connectivity index (χ4v) is 0.958. The summed E-state index contributed by atoms with van der Waals surface area (Å²) in [5.41, 5.74) is 0.0199. The maximum atomic E-state index is 11.2. The molecule has 0 saturated heterocycles. The van der Waals surface area contributed by atoms with Crippen molar-refractivity contribution in [2.45, 2.75) is 26.7 Å². The van der Waals surface area contributed by atoms with Crippen molar-refractivity contribution in [3.8, 4) is 0 Å². The fourth-order valence-electron chi connectivity index (χ4n) is 0.863. The minimum absolute atomic E-state index is 0.0199. The Balaban J connectivity index is 2.19. The van der Waals surface area contributed by atoms with Gasteiger partial charge in [0.25, 0.3) is 0 Å². The Morgan fingerprint density at radius 1 is 1.58 bits per heavy atom. The molecule has 0 unspecified atom stereocenters. The van der Waals surface area contributed by atoms with Gasteiger partial charge in [0.15, 0.2) is 0 Å². The summed E-state index contributed by atoms with van der Waals surface area (Å²) in [7, 11) is 0. The van der Waals surface area contributed by atoms with Gasteiger partial charge >= 0.3 is 0 Å². The van der Waals surface area contributed by atoms with E-state index in [1.165, 1.54) is 0 Å². The molecule has 0 spiro atoms. The average molecular weight is 190 g/mol. The zero-order valence-electron chi connectivity index (χ0n) is 7.69. The zero-order chi connectivity index (χ0) is 9.19. The van der Waals surface area contributed by atoms with Gasteiger partial charge in [0, 0.05) is 18.3 Å². The highest BCUT2D eigenvalue weighted by atomic mass is 35.5. The molecule has 1 amide bonds. The molecule has 1 aliphatic carbocycles. The van der Waals surface area contributed by atoms with Crippen LogP contribution in [0.5, 0.6) is 0 Å². The highest BCUT2D eigenvalue weighted by Crippen LogP contribution is 2.29. The third kappa shape index (κ3) is 3.02. The standard InChI is InChI=1S/C9H16ClNO/c1-9(2,5-10)6-11-8(12)7-3-4-7/h7H,3-6H2,1-2H3,(H,11,12).